The summed E-state index contributed by atoms with van der Waals surface area (Å²) < 4.78 is 0. The minimum absolute atomic E-state index is 0. The molecule has 0 aromatic carbocycles. The lowest BCUT2D eigenvalue weighted by Gasteiger charge is -2.16. The van der Waals surface area contributed by atoms with Crippen LogP contribution in [0, 0.1) is 0 Å². The first kappa shape index (κ1) is 9.33. The molecular weight excluding hydrogens is 145 g/mol. The van der Waals surface area contributed by atoms with Crippen molar-refractivity contribution in [2.24, 2.45) is 0 Å². The molecule has 0 saturated heterocycles. The summed E-state index contributed by atoms with van der Waals surface area (Å²) in [5, 5.41) is 3.50. The summed E-state index contributed by atoms with van der Waals surface area (Å²) in [5.74, 6) is 0. The van der Waals surface area contributed by atoms with Crippen LogP contribution in [0.5, 0.6) is 0 Å². The van der Waals surface area contributed by atoms with Crippen molar-refractivity contribution in [3.8, 4) is 0 Å². The molecule has 0 spiro atoms. The number of hydrogen-bond acceptors (Lipinski definition) is 1. The van der Waals surface area contributed by atoms with Crippen molar-refractivity contribution in [1.82, 2.24) is 5.32 Å². The molecule has 1 nitrogen and oxygen atoms in total. The number of allylic oxidation sites excluding steroid dienone is 2. The molecule has 61 valence electrons. The molecule has 1 saturated carbocycles. The quantitative estimate of drug-likeness (QED) is 0.599. The zero-order valence-corrected chi connectivity index (χ0v) is 7.16. The summed E-state index contributed by atoms with van der Waals surface area (Å²) in [6.07, 6.45) is 11.0. The SMILES string of the molecule is C=C1C=CC=CC1NC1CC1.[B]. The second-order valence-corrected chi connectivity index (χ2v) is 3.24. The molecule has 0 heterocycles. The molecule has 12 heavy (non-hydrogen) atoms. The van der Waals surface area contributed by atoms with Crippen LogP contribution in [0.1, 0.15) is 12.8 Å². The van der Waals surface area contributed by atoms with Crippen molar-refractivity contribution in [2.75, 3.05) is 0 Å². The Balaban J connectivity index is 0.000000720. The van der Waals surface area contributed by atoms with Crippen LogP contribution in [0.4, 0.5) is 0 Å². The van der Waals surface area contributed by atoms with Crippen LogP contribution in [-0.4, -0.2) is 20.5 Å². The van der Waals surface area contributed by atoms with Crippen LogP contribution in [0.2, 0.25) is 0 Å². The van der Waals surface area contributed by atoms with Crippen molar-refractivity contribution >= 4 is 8.41 Å². The Morgan fingerprint density at radius 2 is 2.08 bits per heavy atom. The van der Waals surface area contributed by atoms with E-state index in [-0.39, 0.29) is 8.41 Å². The van der Waals surface area contributed by atoms with E-state index in [1.807, 2.05) is 6.08 Å². The molecule has 2 heteroatoms. The fourth-order valence-corrected chi connectivity index (χ4v) is 1.25. The van der Waals surface area contributed by atoms with E-state index in [1.54, 1.807) is 0 Å². The third-order valence-corrected chi connectivity index (χ3v) is 2.12. The molecule has 2 aliphatic carbocycles. The lowest BCUT2D eigenvalue weighted by atomic mass is 10.0. The molecule has 1 atom stereocenters. The Kier molecular flexibility index (Phi) is 2.93. The minimum Gasteiger partial charge on any atom is -0.304 e. The average Bonchev–Trinajstić information content (AvgIpc) is 2.78. The third kappa shape index (κ3) is 2.11. The Morgan fingerprint density at radius 3 is 2.67 bits per heavy atom. The Labute approximate surface area is 75.8 Å². The average molecular weight is 158 g/mol. The van der Waals surface area contributed by atoms with Gasteiger partial charge in [0.25, 0.3) is 0 Å². The smallest absolute Gasteiger partial charge is 0.0505 e. The van der Waals surface area contributed by atoms with Gasteiger partial charge in [0.2, 0.25) is 0 Å². The highest BCUT2D eigenvalue weighted by Gasteiger charge is 2.24. The Bertz CT molecular complexity index is 226. The molecule has 0 amide bonds. The van der Waals surface area contributed by atoms with E-state index in [1.165, 1.54) is 18.4 Å². The van der Waals surface area contributed by atoms with Crippen LogP contribution in [0.3, 0.4) is 0 Å². The van der Waals surface area contributed by atoms with Crippen molar-refractivity contribution in [2.45, 2.75) is 24.9 Å². The number of nitrogens with one attached hydrogen (secondary N) is 1. The predicted octanol–water partition coefficient (Wildman–Crippen LogP) is 1.41. The second-order valence-electron chi connectivity index (χ2n) is 3.24. The molecule has 3 radical (unpaired) electrons. The molecule has 2 aliphatic rings. The lowest BCUT2D eigenvalue weighted by Crippen LogP contribution is -2.30. The van der Waals surface area contributed by atoms with Crippen molar-refractivity contribution in [1.29, 1.82) is 0 Å². The maximum atomic E-state index is 3.98. The number of hydrogen-bond donors (Lipinski definition) is 1. The molecule has 2 rings (SSSR count). The monoisotopic (exact) mass is 158 g/mol. The van der Waals surface area contributed by atoms with Crippen molar-refractivity contribution in [3.05, 3.63) is 36.5 Å². The van der Waals surface area contributed by atoms with E-state index in [0.29, 0.717) is 6.04 Å². The molecule has 0 aromatic heterocycles. The van der Waals surface area contributed by atoms with Gasteiger partial charge in [-0.05, 0) is 18.4 Å². The molecule has 0 aliphatic heterocycles. The molecule has 1 fully saturated rings. The zero-order chi connectivity index (χ0) is 7.68. The topological polar surface area (TPSA) is 12.0 Å². The maximum absolute atomic E-state index is 3.98. The fourth-order valence-electron chi connectivity index (χ4n) is 1.25. The van der Waals surface area contributed by atoms with Crippen LogP contribution in [-0.2, 0) is 0 Å². The van der Waals surface area contributed by atoms with Gasteiger partial charge >= 0.3 is 0 Å². The number of rotatable bonds is 2. The van der Waals surface area contributed by atoms with Gasteiger partial charge in [-0.3, -0.25) is 0 Å². The van der Waals surface area contributed by atoms with Gasteiger partial charge in [-0.2, -0.15) is 0 Å². The summed E-state index contributed by atoms with van der Waals surface area (Å²) in [4.78, 5) is 0. The molecule has 1 N–H and O–H groups in total. The van der Waals surface area contributed by atoms with E-state index in [4.69, 9.17) is 0 Å². The Morgan fingerprint density at radius 1 is 1.33 bits per heavy atom. The van der Waals surface area contributed by atoms with Crippen LogP contribution in [0.15, 0.2) is 36.5 Å². The largest absolute Gasteiger partial charge is 0.304 e. The van der Waals surface area contributed by atoms with Gasteiger partial charge in [-0.25, -0.2) is 0 Å². The van der Waals surface area contributed by atoms with E-state index < -0.39 is 0 Å². The van der Waals surface area contributed by atoms with E-state index in [0.717, 1.165) is 6.04 Å². The summed E-state index contributed by atoms with van der Waals surface area (Å²) in [5.41, 5.74) is 1.18. The van der Waals surface area contributed by atoms with Gasteiger partial charge in [0.15, 0.2) is 0 Å². The summed E-state index contributed by atoms with van der Waals surface area (Å²) in [6, 6.07) is 1.15. The van der Waals surface area contributed by atoms with E-state index in [2.05, 4.69) is 30.1 Å². The molecule has 1 unspecified atom stereocenters. The highest BCUT2D eigenvalue weighted by atomic mass is 15.0. The first-order valence-corrected chi connectivity index (χ1v) is 4.16. The van der Waals surface area contributed by atoms with Gasteiger partial charge in [0.1, 0.15) is 0 Å². The van der Waals surface area contributed by atoms with Crippen LogP contribution in [0.25, 0.3) is 0 Å². The van der Waals surface area contributed by atoms with E-state index >= 15 is 0 Å². The summed E-state index contributed by atoms with van der Waals surface area (Å²) in [7, 11) is 0. The highest BCUT2D eigenvalue weighted by Crippen LogP contribution is 2.22. The zero-order valence-electron chi connectivity index (χ0n) is 7.16. The van der Waals surface area contributed by atoms with Crippen molar-refractivity contribution in [3.63, 3.8) is 0 Å². The first-order valence-electron chi connectivity index (χ1n) is 4.16. The third-order valence-electron chi connectivity index (χ3n) is 2.12. The fraction of sp³-hybridized carbons (Fsp3) is 0.400. The van der Waals surface area contributed by atoms with Gasteiger partial charge in [0, 0.05) is 14.5 Å². The summed E-state index contributed by atoms with van der Waals surface area (Å²) >= 11 is 0. The Hall–Kier alpha value is -0.755. The van der Waals surface area contributed by atoms with E-state index in [9.17, 15) is 0 Å². The second kappa shape index (κ2) is 3.77. The lowest BCUT2D eigenvalue weighted by molar-refractivity contribution is 0.654. The van der Waals surface area contributed by atoms with Gasteiger partial charge in [-0.15, -0.1) is 0 Å². The van der Waals surface area contributed by atoms with Gasteiger partial charge in [-0.1, -0.05) is 30.9 Å². The molecular formula is C10H13BN. The predicted molar refractivity (Wildman–Crippen MR) is 53.1 cm³/mol. The normalized spacial score (nSPS) is 27.0. The standard InChI is InChI=1S/C10H13N.B/c1-8-4-2-3-5-10(8)11-9-6-7-9;/h2-5,9-11H,1,6-7H2;. The molecule has 0 bridgehead atoms. The maximum Gasteiger partial charge on any atom is 0.0505 e. The van der Waals surface area contributed by atoms with Crippen LogP contribution >= 0.6 is 0 Å². The summed E-state index contributed by atoms with van der Waals surface area (Å²) in [6.45, 7) is 3.98. The minimum atomic E-state index is 0. The van der Waals surface area contributed by atoms with Crippen molar-refractivity contribution < 1.29 is 0 Å². The van der Waals surface area contributed by atoms with Crippen LogP contribution < -0.4 is 5.32 Å². The van der Waals surface area contributed by atoms with Gasteiger partial charge in [0.05, 0.1) is 6.04 Å². The van der Waals surface area contributed by atoms with Gasteiger partial charge < -0.3 is 5.32 Å². The first-order chi connectivity index (χ1) is 5.36. The highest BCUT2D eigenvalue weighted by molar-refractivity contribution is 5.75. The molecule has 0 aromatic rings.